The molecule has 3 rings (SSSR count). The SMILES string of the molecule is O=C(COc1ccc(/C=N\NC(=O)CSc2ncccn2)cc1)NCCc1ccccc1. The maximum Gasteiger partial charge on any atom is 0.257 e. The van der Waals surface area contributed by atoms with E-state index in [-0.39, 0.29) is 24.2 Å². The van der Waals surface area contributed by atoms with Crippen molar-refractivity contribution in [2.45, 2.75) is 11.6 Å². The van der Waals surface area contributed by atoms with Crippen LogP contribution in [0.4, 0.5) is 0 Å². The molecule has 164 valence electrons. The summed E-state index contributed by atoms with van der Waals surface area (Å²) >= 11 is 1.23. The minimum absolute atomic E-state index is 0.0545. The summed E-state index contributed by atoms with van der Waals surface area (Å²) in [5, 5.41) is 7.30. The minimum atomic E-state index is -0.253. The summed E-state index contributed by atoms with van der Waals surface area (Å²) in [6, 6.07) is 18.7. The lowest BCUT2D eigenvalue weighted by atomic mass is 10.1. The van der Waals surface area contributed by atoms with Crippen molar-refractivity contribution in [3.63, 3.8) is 0 Å². The highest BCUT2D eigenvalue weighted by atomic mass is 32.2. The molecule has 9 heteroatoms. The molecule has 0 bridgehead atoms. The summed E-state index contributed by atoms with van der Waals surface area (Å²) in [4.78, 5) is 31.8. The van der Waals surface area contributed by atoms with Crippen molar-refractivity contribution in [3.8, 4) is 5.75 Å². The normalized spacial score (nSPS) is 10.6. The molecule has 0 saturated heterocycles. The molecule has 32 heavy (non-hydrogen) atoms. The summed E-state index contributed by atoms with van der Waals surface area (Å²) in [7, 11) is 0. The van der Waals surface area contributed by atoms with Crippen LogP contribution in [0, 0.1) is 0 Å². The second-order valence-corrected chi connectivity index (χ2v) is 7.50. The van der Waals surface area contributed by atoms with E-state index in [1.54, 1.807) is 42.7 Å². The van der Waals surface area contributed by atoms with Crippen LogP contribution in [0.1, 0.15) is 11.1 Å². The van der Waals surface area contributed by atoms with Crippen LogP contribution in [0.5, 0.6) is 5.75 Å². The van der Waals surface area contributed by atoms with E-state index in [0.29, 0.717) is 17.5 Å². The van der Waals surface area contributed by atoms with Gasteiger partial charge in [0.25, 0.3) is 11.8 Å². The van der Waals surface area contributed by atoms with Crippen LogP contribution >= 0.6 is 11.8 Å². The van der Waals surface area contributed by atoms with Crippen molar-refractivity contribution in [2.24, 2.45) is 5.10 Å². The van der Waals surface area contributed by atoms with E-state index in [0.717, 1.165) is 12.0 Å². The molecular weight excluding hydrogens is 426 g/mol. The van der Waals surface area contributed by atoms with Crippen molar-refractivity contribution in [2.75, 3.05) is 18.9 Å². The van der Waals surface area contributed by atoms with E-state index in [9.17, 15) is 9.59 Å². The Morgan fingerprint density at radius 2 is 1.72 bits per heavy atom. The first kappa shape index (κ1) is 23.0. The summed E-state index contributed by atoms with van der Waals surface area (Å²) in [5.41, 5.74) is 4.41. The van der Waals surface area contributed by atoms with Gasteiger partial charge in [0.1, 0.15) is 5.75 Å². The lowest BCUT2D eigenvalue weighted by Crippen LogP contribution is -2.30. The van der Waals surface area contributed by atoms with E-state index >= 15 is 0 Å². The van der Waals surface area contributed by atoms with Gasteiger partial charge in [0.05, 0.1) is 12.0 Å². The van der Waals surface area contributed by atoms with Gasteiger partial charge in [0, 0.05) is 18.9 Å². The first-order valence-electron chi connectivity index (χ1n) is 9.94. The quantitative estimate of drug-likeness (QED) is 0.202. The van der Waals surface area contributed by atoms with Crippen molar-refractivity contribution in [1.82, 2.24) is 20.7 Å². The molecule has 2 aromatic carbocycles. The zero-order valence-electron chi connectivity index (χ0n) is 17.3. The fourth-order valence-electron chi connectivity index (χ4n) is 2.54. The highest BCUT2D eigenvalue weighted by Gasteiger charge is 2.04. The van der Waals surface area contributed by atoms with Crippen molar-refractivity contribution in [3.05, 3.63) is 84.2 Å². The molecule has 2 N–H and O–H groups in total. The van der Waals surface area contributed by atoms with E-state index in [2.05, 4.69) is 25.8 Å². The zero-order chi connectivity index (χ0) is 22.4. The van der Waals surface area contributed by atoms with Crippen molar-refractivity contribution in [1.29, 1.82) is 0 Å². The third-order valence-electron chi connectivity index (χ3n) is 4.11. The summed E-state index contributed by atoms with van der Waals surface area (Å²) < 4.78 is 5.50. The maximum absolute atomic E-state index is 11.9. The third kappa shape index (κ3) is 8.57. The average molecular weight is 450 g/mol. The van der Waals surface area contributed by atoms with Crippen LogP contribution in [0.15, 0.2) is 83.3 Å². The largest absolute Gasteiger partial charge is 0.484 e. The Bertz CT molecular complexity index is 1010. The Morgan fingerprint density at radius 1 is 0.969 bits per heavy atom. The number of hydrogen-bond acceptors (Lipinski definition) is 7. The predicted octanol–water partition coefficient (Wildman–Crippen LogP) is 2.46. The molecule has 0 aliphatic carbocycles. The number of nitrogens with one attached hydrogen (secondary N) is 2. The van der Waals surface area contributed by atoms with Crippen LogP contribution in [0.3, 0.4) is 0 Å². The van der Waals surface area contributed by atoms with Crippen LogP contribution in [0.25, 0.3) is 0 Å². The maximum atomic E-state index is 11.9. The number of aromatic nitrogens is 2. The third-order valence-corrected chi connectivity index (χ3v) is 4.98. The van der Waals surface area contributed by atoms with E-state index < -0.39 is 0 Å². The zero-order valence-corrected chi connectivity index (χ0v) is 18.1. The summed E-state index contributed by atoms with van der Waals surface area (Å²) in [5.74, 6) is 0.315. The van der Waals surface area contributed by atoms with Crippen molar-refractivity contribution < 1.29 is 14.3 Å². The van der Waals surface area contributed by atoms with Gasteiger partial charge in [-0.05, 0) is 47.9 Å². The Labute approximate surface area is 190 Å². The van der Waals surface area contributed by atoms with Crippen LogP contribution in [0.2, 0.25) is 0 Å². The van der Waals surface area contributed by atoms with E-state index in [1.807, 2.05) is 30.3 Å². The van der Waals surface area contributed by atoms with Gasteiger partial charge in [0.2, 0.25) is 0 Å². The number of hydrogen-bond donors (Lipinski definition) is 2. The van der Waals surface area contributed by atoms with E-state index in [4.69, 9.17) is 4.74 Å². The number of amides is 2. The van der Waals surface area contributed by atoms with Gasteiger partial charge in [-0.1, -0.05) is 42.1 Å². The van der Waals surface area contributed by atoms with Crippen LogP contribution in [-0.2, 0) is 16.0 Å². The molecule has 1 aromatic heterocycles. The number of carbonyl (C=O) groups is 2. The van der Waals surface area contributed by atoms with Crippen LogP contribution < -0.4 is 15.5 Å². The summed E-state index contributed by atoms with van der Waals surface area (Å²) in [6.07, 6.45) is 5.55. The molecule has 0 spiro atoms. The highest BCUT2D eigenvalue weighted by Crippen LogP contribution is 2.11. The Balaban J connectivity index is 1.32. The predicted molar refractivity (Wildman–Crippen MR) is 124 cm³/mol. The molecular formula is C23H23N5O3S. The number of carbonyl (C=O) groups excluding carboxylic acids is 2. The molecule has 0 aliphatic heterocycles. The highest BCUT2D eigenvalue weighted by molar-refractivity contribution is 7.99. The Hall–Kier alpha value is -3.72. The molecule has 3 aromatic rings. The molecule has 0 atom stereocenters. The monoisotopic (exact) mass is 449 g/mol. The van der Waals surface area contributed by atoms with Gasteiger partial charge in [-0.3, -0.25) is 9.59 Å². The van der Waals surface area contributed by atoms with Gasteiger partial charge in [-0.15, -0.1) is 0 Å². The first-order valence-corrected chi connectivity index (χ1v) is 10.9. The van der Waals surface area contributed by atoms with Crippen LogP contribution in [-0.4, -0.2) is 46.9 Å². The number of ether oxygens (including phenoxy) is 1. The smallest absolute Gasteiger partial charge is 0.257 e. The number of nitrogens with zero attached hydrogens (tertiary/aromatic N) is 3. The van der Waals surface area contributed by atoms with Crippen molar-refractivity contribution >= 4 is 29.8 Å². The Morgan fingerprint density at radius 3 is 2.47 bits per heavy atom. The molecule has 0 unspecified atom stereocenters. The minimum Gasteiger partial charge on any atom is -0.484 e. The summed E-state index contributed by atoms with van der Waals surface area (Å²) in [6.45, 7) is 0.505. The number of thioether (sulfide) groups is 1. The fourth-order valence-corrected chi connectivity index (χ4v) is 3.14. The number of hydrazone groups is 1. The topological polar surface area (TPSA) is 106 Å². The molecule has 0 radical (unpaired) electrons. The second-order valence-electron chi connectivity index (χ2n) is 6.56. The average Bonchev–Trinajstić information content (AvgIpc) is 2.83. The van der Waals surface area contributed by atoms with Gasteiger partial charge >= 0.3 is 0 Å². The lowest BCUT2D eigenvalue weighted by Gasteiger charge is -2.08. The molecule has 2 amide bonds. The van der Waals surface area contributed by atoms with E-state index in [1.165, 1.54) is 23.5 Å². The fraction of sp³-hybridized carbons (Fsp3) is 0.174. The van der Waals surface area contributed by atoms with Gasteiger partial charge < -0.3 is 10.1 Å². The van der Waals surface area contributed by atoms with Gasteiger partial charge in [0.15, 0.2) is 11.8 Å². The van der Waals surface area contributed by atoms with Gasteiger partial charge in [-0.25, -0.2) is 15.4 Å². The molecule has 0 saturated carbocycles. The molecule has 8 nitrogen and oxygen atoms in total. The second kappa shape index (κ2) is 12.9. The van der Waals surface area contributed by atoms with Gasteiger partial charge in [-0.2, -0.15) is 5.10 Å². The lowest BCUT2D eigenvalue weighted by molar-refractivity contribution is -0.123. The number of benzene rings is 2. The number of rotatable bonds is 11. The molecule has 0 aliphatic rings. The Kier molecular flexibility index (Phi) is 9.22. The molecule has 0 fully saturated rings. The first-order chi connectivity index (χ1) is 15.7. The molecule has 1 heterocycles. The standard InChI is InChI=1S/C23H23N5O3S/c29-21(24-14-11-18-5-2-1-3-6-18)16-31-20-9-7-19(8-10-20)15-27-28-22(30)17-32-23-25-12-4-13-26-23/h1-10,12-13,15H,11,14,16-17H2,(H,24,29)(H,28,30)/b27-15-.